The molecule has 0 bridgehead atoms. The number of hydrogen-bond donors (Lipinski definition) is 2. The van der Waals surface area contributed by atoms with Gasteiger partial charge < -0.3 is 20.1 Å². The quantitative estimate of drug-likeness (QED) is 0.564. The smallest absolute Gasteiger partial charge is 0.408 e. The average Bonchev–Trinajstić information content (AvgIpc) is 2.96. The Morgan fingerprint density at radius 1 is 1.32 bits per heavy atom. The predicted octanol–water partition coefficient (Wildman–Crippen LogP) is 2.70. The molecule has 0 saturated carbocycles. The van der Waals surface area contributed by atoms with Gasteiger partial charge >= 0.3 is 12.1 Å². The standard InChI is InChI=1S/C14H25NO4.C4H7NO/c1-6-11(9-8-10-12(16)18-7-2)15-13(17)19-14(3,4)5;6-4-2-1-3-5-4/h8-9,11H,6-7,10H2,1-5H3,(H,15,17);1-3H2,(H,5,6). The summed E-state index contributed by atoms with van der Waals surface area (Å²) in [5.41, 5.74) is -0.517. The molecule has 0 aromatic rings. The van der Waals surface area contributed by atoms with E-state index in [0.717, 1.165) is 25.8 Å². The Kier molecular flexibility index (Phi) is 11.3. The third-order valence-corrected chi connectivity index (χ3v) is 3.00. The maximum Gasteiger partial charge on any atom is 0.408 e. The van der Waals surface area contributed by atoms with Crippen molar-refractivity contribution in [1.29, 1.82) is 0 Å². The molecule has 0 aromatic carbocycles. The number of esters is 1. The van der Waals surface area contributed by atoms with Crippen LogP contribution in [0, 0.1) is 0 Å². The van der Waals surface area contributed by atoms with Crippen LogP contribution >= 0.6 is 0 Å². The number of rotatable bonds is 6. The van der Waals surface area contributed by atoms with Gasteiger partial charge in [-0.15, -0.1) is 0 Å². The lowest BCUT2D eigenvalue weighted by atomic mass is 10.2. The number of nitrogens with one attached hydrogen (secondary N) is 2. The van der Waals surface area contributed by atoms with E-state index in [1.165, 1.54) is 0 Å². The lowest BCUT2D eigenvalue weighted by molar-refractivity contribution is -0.142. The molecule has 1 heterocycles. The van der Waals surface area contributed by atoms with Crippen molar-refractivity contribution in [1.82, 2.24) is 10.6 Å². The average molecular weight is 356 g/mol. The van der Waals surface area contributed by atoms with E-state index in [4.69, 9.17) is 9.47 Å². The third-order valence-electron chi connectivity index (χ3n) is 3.00. The van der Waals surface area contributed by atoms with Crippen molar-refractivity contribution in [2.45, 2.75) is 71.9 Å². The predicted molar refractivity (Wildman–Crippen MR) is 96.1 cm³/mol. The van der Waals surface area contributed by atoms with Crippen molar-refractivity contribution in [3.05, 3.63) is 12.2 Å². The van der Waals surface area contributed by atoms with Gasteiger partial charge in [-0.2, -0.15) is 0 Å². The number of amides is 2. The normalized spacial score (nSPS) is 15.0. The summed E-state index contributed by atoms with van der Waals surface area (Å²) in [7, 11) is 0. The second-order valence-corrected chi connectivity index (χ2v) is 6.55. The second-order valence-electron chi connectivity index (χ2n) is 6.55. The van der Waals surface area contributed by atoms with E-state index in [9.17, 15) is 14.4 Å². The van der Waals surface area contributed by atoms with Crippen LogP contribution in [0.25, 0.3) is 0 Å². The first-order valence-corrected chi connectivity index (χ1v) is 8.76. The summed E-state index contributed by atoms with van der Waals surface area (Å²) < 4.78 is 9.96. The molecule has 1 saturated heterocycles. The van der Waals surface area contributed by atoms with Gasteiger partial charge in [0.05, 0.1) is 19.1 Å². The summed E-state index contributed by atoms with van der Waals surface area (Å²) >= 11 is 0. The Labute approximate surface area is 150 Å². The molecule has 25 heavy (non-hydrogen) atoms. The van der Waals surface area contributed by atoms with Crippen molar-refractivity contribution in [2.24, 2.45) is 0 Å². The summed E-state index contributed by atoms with van der Waals surface area (Å²) in [6.07, 6.45) is 5.71. The molecule has 1 atom stereocenters. The van der Waals surface area contributed by atoms with Crippen molar-refractivity contribution in [3.8, 4) is 0 Å². The fraction of sp³-hybridized carbons (Fsp3) is 0.722. The van der Waals surface area contributed by atoms with Crippen LogP contribution in [-0.2, 0) is 19.1 Å². The van der Waals surface area contributed by atoms with Gasteiger partial charge in [-0.3, -0.25) is 9.59 Å². The maximum atomic E-state index is 11.6. The van der Waals surface area contributed by atoms with E-state index in [0.29, 0.717) is 6.61 Å². The Morgan fingerprint density at radius 3 is 2.40 bits per heavy atom. The lowest BCUT2D eigenvalue weighted by Gasteiger charge is -2.21. The molecule has 7 nitrogen and oxygen atoms in total. The summed E-state index contributed by atoms with van der Waals surface area (Å²) in [4.78, 5) is 32.8. The minimum atomic E-state index is -0.517. The molecule has 0 aromatic heterocycles. The molecule has 2 N–H and O–H groups in total. The van der Waals surface area contributed by atoms with Crippen molar-refractivity contribution in [2.75, 3.05) is 13.2 Å². The fourth-order valence-electron chi connectivity index (χ4n) is 1.86. The zero-order valence-electron chi connectivity index (χ0n) is 16.0. The topological polar surface area (TPSA) is 93.7 Å². The molecule has 0 aliphatic carbocycles. The van der Waals surface area contributed by atoms with Crippen LogP contribution < -0.4 is 10.6 Å². The van der Waals surface area contributed by atoms with E-state index in [2.05, 4.69) is 10.6 Å². The van der Waals surface area contributed by atoms with E-state index in [-0.39, 0.29) is 24.3 Å². The highest BCUT2D eigenvalue weighted by molar-refractivity contribution is 5.77. The highest BCUT2D eigenvalue weighted by Gasteiger charge is 2.17. The van der Waals surface area contributed by atoms with Crippen LogP contribution in [0.4, 0.5) is 4.79 Å². The van der Waals surface area contributed by atoms with Crippen molar-refractivity contribution < 1.29 is 23.9 Å². The zero-order valence-corrected chi connectivity index (χ0v) is 16.0. The van der Waals surface area contributed by atoms with Crippen LogP contribution in [0.2, 0.25) is 0 Å². The summed E-state index contributed by atoms with van der Waals surface area (Å²) in [6, 6.07) is -0.149. The van der Waals surface area contributed by atoms with Gasteiger partial charge in [0.1, 0.15) is 5.60 Å². The monoisotopic (exact) mass is 356 g/mol. The van der Waals surface area contributed by atoms with Gasteiger partial charge in [0.2, 0.25) is 5.91 Å². The molecule has 1 aliphatic rings. The number of carbonyl (C=O) groups excluding carboxylic acids is 3. The minimum absolute atomic E-state index is 0.149. The molecule has 7 heteroatoms. The molecular formula is C18H32N2O5. The summed E-state index contributed by atoms with van der Waals surface area (Å²) in [5.74, 6) is -0.0686. The van der Waals surface area contributed by atoms with Crippen LogP contribution in [0.1, 0.15) is 60.3 Å². The largest absolute Gasteiger partial charge is 0.466 e. The van der Waals surface area contributed by atoms with E-state index >= 15 is 0 Å². The second kappa shape index (κ2) is 12.3. The molecule has 2 amide bonds. The minimum Gasteiger partial charge on any atom is -0.466 e. The molecule has 1 rings (SSSR count). The van der Waals surface area contributed by atoms with Crippen LogP contribution in [0.5, 0.6) is 0 Å². The molecule has 1 unspecified atom stereocenters. The highest BCUT2D eigenvalue weighted by Crippen LogP contribution is 2.07. The van der Waals surface area contributed by atoms with E-state index in [1.807, 2.05) is 27.7 Å². The fourth-order valence-corrected chi connectivity index (χ4v) is 1.86. The van der Waals surface area contributed by atoms with E-state index < -0.39 is 11.7 Å². The first kappa shape index (κ1) is 22.9. The summed E-state index contributed by atoms with van der Waals surface area (Å²) in [5, 5.41) is 5.41. The SMILES string of the molecule is CCOC(=O)CC=CC(CC)NC(=O)OC(C)(C)C.O=C1CCCN1. The first-order chi connectivity index (χ1) is 11.7. The Balaban J connectivity index is 0.000000796. The van der Waals surface area contributed by atoms with Gasteiger partial charge in [0, 0.05) is 13.0 Å². The zero-order chi connectivity index (χ0) is 19.3. The summed E-state index contributed by atoms with van der Waals surface area (Å²) in [6.45, 7) is 10.4. The maximum absolute atomic E-state index is 11.6. The van der Waals surface area contributed by atoms with E-state index in [1.54, 1.807) is 19.1 Å². The van der Waals surface area contributed by atoms with Crippen LogP contribution in [0.15, 0.2) is 12.2 Å². The number of ether oxygens (including phenoxy) is 2. The van der Waals surface area contributed by atoms with Crippen molar-refractivity contribution in [3.63, 3.8) is 0 Å². The van der Waals surface area contributed by atoms with Gasteiger partial charge in [0.25, 0.3) is 0 Å². The number of alkyl carbamates (subject to hydrolysis) is 1. The van der Waals surface area contributed by atoms with Gasteiger partial charge in [0.15, 0.2) is 0 Å². The van der Waals surface area contributed by atoms with Gasteiger partial charge in [-0.05, 0) is 40.5 Å². The third kappa shape index (κ3) is 14.0. The molecule has 0 spiro atoms. The number of hydrogen-bond acceptors (Lipinski definition) is 5. The number of carbonyl (C=O) groups is 3. The highest BCUT2D eigenvalue weighted by atomic mass is 16.6. The van der Waals surface area contributed by atoms with Crippen molar-refractivity contribution >= 4 is 18.0 Å². The lowest BCUT2D eigenvalue weighted by Crippen LogP contribution is -2.37. The Bertz CT molecular complexity index is 447. The molecule has 144 valence electrons. The van der Waals surface area contributed by atoms with Crippen LogP contribution in [-0.4, -0.2) is 42.8 Å². The van der Waals surface area contributed by atoms with Gasteiger partial charge in [-0.25, -0.2) is 4.79 Å². The molecule has 1 aliphatic heterocycles. The first-order valence-electron chi connectivity index (χ1n) is 8.76. The van der Waals surface area contributed by atoms with Crippen LogP contribution in [0.3, 0.4) is 0 Å². The Morgan fingerprint density at radius 2 is 2.00 bits per heavy atom. The molecule has 0 radical (unpaired) electrons. The molecule has 1 fully saturated rings. The van der Waals surface area contributed by atoms with Gasteiger partial charge in [-0.1, -0.05) is 19.1 Å². The Hall–Kier alpha value is -2.05. The molecular weight excluding hydrogens is 324 g/mol.